The summed E-state index contributed by atoms with van der Waals surface area (Å²) >= 11 is 0. The van der Waals surface area contributed by atoms with Crippen molar-refractivity contribution in [2.45, 2.75) is 18.9 Å². The van der Waals surface area contributed by atoms with Gasteiger partial charge in [0.1, 0.15) is 17.2 Å². The van der Waals surface area contributed by atoms with Gasteiger partial charge in [0.15, 0.2) is 5.82 Å². The number of benzene rings is 1. The second kappa shape index (κ2) is 6.70. The van der Waals surface area contributed by atoms with E-state index in [1.54, 1.807) is 17.0 Å². The van der Waals surface area contributed by atoms with Crippen LogP contribution >= 0.6 is 12.4 Å². The smallest absolute Gasteiger partial charge is 0.335 e. The molecule has 5 aromatic rings. The van der Waals surface area contributed by atoms with Crippen molar-refractivity contribution in [2.24, 2.45) is 7.05 Å². The molecule has 0 aliphatic heterocycles. The Labute approximate surface area is 175 Å². The van der Waals surface area contributed by atoms with Gasteiger partial charge < -0.3 is 4.98 Å². The fraction of sp³-hybridized carbons (Fsp3) is 0.211. The van der Waals surface area contributed by atoms with Crippen LogP contribution in [-0.4, -0.2) is 44.7 Å². The van der Waals surface area contributed by atoms with Crippen molar-refractivity contribution in [3.8, 4) is 34.2 Å². The van der Waals surface area contributed by atoms with E-state index in [1.165, 1.54) is 0 Å². The number of aromatic amines is 3. The Morgan fingerprint density at radius 3 is 2.80 bits per heavy atom. The number of aromatic nitrogens is 9. The third-order valence-corrected chi connectivity index (χ3v) is 5.34. The molecule has 0 spiro atoms. The van der Waals surface area contributed by atoms with Crippen molar-refractivity contribution in [3.63, 3.8) is 0 Å². The Morgan fingerprint density at radius 1 is 1.17 bits per heavy atom. The van der Waals surface area contributed by atoms with Crippen LogP contribution in [0.2, 0.25) is 0 Å². The van der Waals surface area contributed by atoms with Crippen LogP contribution in [0.3, 0.4) is 0 Å². The first-order valence-corrected chi connectivity index (χ1v) is 9.37. The first-order chi connectivity index (χ1) is 14.2. The Kier molecular flexibility index (Phi) is 4.10. The number of fused-ring (bicyclic) bond motifs is 1. The molecule has 1 saturated carbocycles. The maximum atomic E-state index is 12.3. The van der Waals surface area contributed by atoms with Crippen molar-refractivity contribution in [3.05, 3.63) is 47.3 Å². The first kappa shape index (κ1) is 18.4. The number of hydrogen-bond donors (Lipinski definition) is 3. The molecule has 1 fully saturated rings. The Balaban J connectivity index is 0.00000193. The number of rotatable bonds is 4. The van der Waals surface area contributed by atoms with Gasteiger partial charge in [-0.25, -0.2) is 14.9 Å². The second-order valence-corrected chi connectivity index (χ2v) is 7.29. The van der Waals surface area contributed by atoms with Crippen LogP contribution in [0.5, 0.6) is 0 Å². The zero-order valence-electron chi connectivity index (χ0n) is 16.0. The average Bonchev–Trinajstić information content (AvgIpc) is 3.14. The molecule has 11 heteroatoms. The summed E-state index contributed by atoms with van der Waals surface area (Å²) in [5.74, 6) is 1.23. The molecular formula is C19H18ClN9O. The predicted octanol–water partition coefficient (Wildman–Crippen LogP) is 2.66. The van der Waals surface area contributed by atoms with Gasteiger partial charge in [0.2, 0.25) is 0 Å². The third kappa shape index (κ3) is 2.76. The molecule has 152 valence electrons. The molecule has 1 aliphatic carbocycles. The summed E-state index contributed by atoms with van der Waals surface area (Å²) in [5, 5.41) is 19.1. The van der Waals surface area contributed by atoms with Crippen molar-refractivity contribution in [1.29, 1.82) is 0 Å². The number of halogens is 1. The van der Waals surface area contributed by atoms with Gasteiger partial charge in [-0.15, -0.1) is 12.4 Å². The largest absolute Gasteiger partial charge is 0.343 e. The van der Waals surface area contributed by atoms with Gasteiger partial charge in [-0.1, -0.05) is 12.1 Å². The van der Waals surface area contributed by atoms with Crippen molar-refractivity contribution in [2.75, 3.05) is 0 Å². The van der Waals surface area contributed by atoms with Crippen LogP contribution in [0, 0.1) is 0 Å². The number of nitrogens with one attached hydrogen (secondary N) is 3. The summed E-state index contributed by atoms with van der Waals surface area (Å²) in [5.41, 5.74) is 3.98. The lowest BCUT2D eigenvalue weighted by Crippen LogP contribution is -2.16. The zero-order valence-corrected chi connectivity index (χ0v) is 16.8. The van der Waals surface area contributed by atoms with Gasteiger partial charge in [0.05, 0.1) is 23.5 Å². The zero-order chi connectivity index (χ0) is 19.5. The highest BCUT2D eigenvalue weighted by Crippen LogP contribution is 2.39. The quantitative estimate of drug-likeness (QED) is 0.409. The number of aryl methyl sites for hydroxylation is 1. The molecule has 10 nitrogen and oxygen atoms in total. The maximum absolute atomic E-state index is 12.3. The lowest BCUT2D eigenvalue weighted by Gasteiger charge is -2.05. The minimum Gasteiger partial charge on any atom is -0.335 e. The van der Waals surface area contributed by atoms with Crippen molar-refractivity contribution >= 4 is 23.3 Å². The minimum absolute atomic E-state index is 0. The third-order valence-electron chi connectivity index (χ3n) is 5.34. The highest BCUT2D eigenvalue weighted by atomic mass is 35.5. The summed E-state index contributed by atoms with van der Waals surface area (Å²) in [4.78, 5) is 20.5. The molecule has 0 atom stereocenters. The van der Waals surface area contributed by atoms with Gasteiger partial charge >= 0.3 is 5.69 Å². The molecule has 0 unspecified atom stereocenters. The van der Waals surface area contributed by atoms with Gasteiger partial charge in [-0.3, -0.25) is 14.3 Å². The van der Waals surface area contributed by atoms with E-state index in [2.05, 4.69) is 30.5 Å². The maximum Gasteiger partial charge on any atom is 0.343 e. The summed E-state index contributed by atoms with van der Waals surface area (Å²) in [6.07, 6.45) is 7.27. The number of H-pyrrole nitrogens is 3. The van der Waals surface area contributed by atoms with Gasteiger partial charge in [-0.05, 0) is 18.9 Å². The topological polar surface area (TPSA) is 126 Å². The Bertz CT molecular complexity index is 1400. The number of nitrogens with zero attached hydrogens (tertiary/aromatic N) is 6. The molecule has 3 N–H and O–H groups in total. The lowest BCUT2D eigenvalue weighted by molar-refractivity contribution is 0.715. The minimum atomic E-state index is -0.199. The van der Waals surface area contributed by atoms with E-state index in [4.69, 9.17) is 4.98 Å². The van der Waals surface area contributed by atoms with Gasteiger partial charge in [0.25, 0.3) is 0 Å². The number of hydrogen-bond acceptors (Lipinski definition) is 5. The van der Waals surface area contributed by atoms with E-state index in [0.29, 0.717) is 17.3 Å². The summed E-state index contributed by atoms with van der Waals surface area (Å²) < 4.78 is 3.55. The van der Waals surface area contributed by atoms with Crippen LogP contribution in [0.4, 0.5) is 0 Å². The van der Waals surface area contributed by atoms with E-state index in [-0.39, 0.29) is 24.1 Å². The Hall–Kier alpha value is -3.66. The fourth-order valence-electron chi connectivity index (χ4n) is 3.70. The van der Waals surface area contributed by atoms with Crippen molar-refractivity contribution < 1.29 is 0 Å². The summed E-state index contributed by atoms with van der Waals surface area (Å²) in [6, 6.07) is 6.26. The molecule has 0 bridgehead atoms. The van der Waals surface area contributed by atoms with E-state index < -0.39 is 0 Å². The van der Waals surface area contributed by atoms with E-state index in [9.17, 15) is 4.79 Å². The van der Waals surface area contributed by atoms with Crippen LogP contribution in [0.15, 0.2) is 41.6 Å². The molecule has 4 aromatic heterocycles. The predicted molar refractivity (Wildman–Crippen MR) is 113 cm³/mol. The normalized spacial score (nSPS) is 13.6. The van der Waals surface area contributed by atoms with Crippen LogP contribution in [-0.2, 0) is 7.05 Å². The molecule has 4 heterocycles. The molecule has 1 aliphatic rings. The van der Waals surface area contributed by atoms with E-state index in [0.717, 1.165) is 40.6 Å². The molecule has 30 heavy (non-hydrogen) atoms. The molecule has 6 rings (SSSR count). The standard InChI is InChI=1S/C19H17N9O.ClH/c1-27-14-6-10(2-3-11(14)9-22-27)15-16(24-17(23-15)12-7-20-21-8-12)18-25-26-19(29)28(18)13-4-5-13;/h2-3,6-9,13H,4-5H2,1H3,(H,20,21)(H,23,24)(H,26,29);1H. The monoisotopic (exact) mass is 423 g/mol. The van der Waals surface area contributed by atoms with Crippen LogP contribution in [0.1, 0.15) is 18.9 Å². The van der Waals surface area contributed by atoms with E-state index >= 15 is 0 Å². The van der Waals surface area contributed by atoms with E-state index in [1.807, 2.05) is 36.1 Å². The SMILES string of the molecule is Cl.Cn1ncc2ccc(-c3nc(-c4cn[nH]c4)[nH]c3-c3n[nH]c(=O)n3C3CC3)cc21. The summed E-state index contributed by atoms with van der Waals surface area (Å²) in [7, 11) is 1.91. The molecular weight excluding hydrogens is 406 g/mol. The highest BCUT2D eigenvalue weighted by Gasteiger charge is 2.31. The molecule has 0 radical (unpaired) electrons. The lowest BCUT2D eigenvalue weighted by atomic mass is 10.1. The second-order valence-electron chi connectivity index (χ2n) is 7.29. The number of imidazole rings is 1. The molecule has 1 aromatic carbocycles. The molecule has 0 amide bonds. The summed E-state index contributed by atoms with van der Waals surface area (Å²) in [6.45, 7) is 0. The van der Waals surface area contributed by atoms with Gasteiger partial charge in [0, 0.05) is 30.2 Å². The average molecular weight is 424 g/mol. The first-order valence-electron chi connectivity index (χ1n) is 9.37. The van der Waals surface area contributed by atoms with Crippen LogP contribution < -0.4 is 5.69 Å². The highest BCUT2D eigenvalue weighted by molar-refractivity contribution is 5.87. The Morgan fingerprint density at radius 2 is 2.03 bits per heavy atom. The van der Waals surface area contributed by atoms with Gasteiger partial charge in [-0.2, -0.15) is 15.3 Å². The fourth-order valence-corrected chi connectivity index (χ4v) is 3.70. The van der Waals surface area contributed by atoms with Crippen LogP contribution in [0.25, 0.3) is 45.1 Å². The van der Waals surface area contributed by atoms with Crippen molar-refractivity contribution in [1.82, 2.24) is 44.7 Å². The molecule has 0 saturated heterocycles.